The quantitative estimate of drug-likeness (QED) is 0.396. The van der Waals surface area contributed by atoms with Crippen LogP contribution < -0.4 is 16.8 Å². The molecule has 0 radical (unpaired) electrons. The second kappa shape index (κ2) is 4.08. The molecular weight excluding hydrogens is 182 g/mol. The Bertz CT molecular complexity index is 290. The molecule has 0 aromatic rings. The van der Waals surface area contributed by atoms with Crippen LogP contribution in [0, 0.1) is 5.92 Å². The summed E-state index contributed by atoms with van der Waals surface area (Å²) in [5, 5.41) is 2.86. The summed E-state index contributed by atoms with van der Waals surface area (Å²) in [6.07, 6.45) is 0.728. The predicted molar refractivity (Wildman–Crippen MR) is 54.6 cm³/mol. The molecule has 0 spiro atoms. The highest BCUT2D eigenvalue weighted by Crippen LogP contribution is 2.10. The number of amides is 1. The molecule has 0 saturated heterocycles. The van der Waals surface area contributed by atoms with Crippen LogP contribution in [0.15, 0.2) is 9.98 Å². The van der Waals surface area contributed by atoms with E-state index in [4.69, 9.17) is 11.5 Å². The average Bonchev–Trinajstić information content (AvgIpc) is 2.28. The average molecular weight is 197 g/mol. The Morgan fingerprint density at radius 3 is 2.79 bits per heavy atom. The normalized spacial score (nSPS) is 20.6. The SMILES string of the molecule is CC(C)C[C@H]1NC(N=C(N)N)=NC1=O. The molecule has 1 heterocycles. The maximum Gasteiger partial charge on any atom is 0.271 e. The van der Waals surface area contributed by atoms with Crippen LogP contribution in [-0.2, 0) is 4.79 Å². The summed E-state index contributed by atoms with van der Waals surface area (Å²) in [5.74, 6) is 0.318. The molecule has 5 N–H and O–H groups in total. The second-order valence-electron chi connectivity index (χ2n) is 3.64. The van der Waals surface area contributed by atoms with E-state index in [1.807, 2.05) is 13.8 Å². The maximum absolute atomic E-state index is 11.3. The molecule has 1 rings (SSSR count). The van der Waals surface area contributed by atoms with Gasteiger partial charge in [0.1, 0.15) is 6.04 Å². The van der Waals surface area contributed by atoms with Crippen LogP contribution in [0.1, 0.15) is 20.3 Å². The molecule has 6 heteroatoms. The highest BCUT2D eigenvalue weighted by atomic mass is 16.2. The van der Waals surface area contributed by atoms with Crippen molar-refractivity contribution in [1.82, 2.24) is 5.32 Å². The molecule has 78 valence electrons. The van der Waals surface area contributed by atoms with Crippen LogP contribution >= 0.6 is 0 Å². The van der Waals surface area contributed by atoms with Crippen molar-refractivity contribution in [3.8, 4) is 0 Å². The summed E-state index contributed by atoms with van der Waals surface area (Å²) >= 11 is 0. The molecule has 14 heavy (non-hydrogen) atoms. The van der Waals surface area contributed by atoms with Crippen molar-refractivity contribution in [3.63, 3.8) is 0 Å². The molecule has 0 aromatic carbocycles. The van der Waals surface area contributed by atoms with Crippen molar-refractivity contribution in [2.45, 2.75) is 26.3 Å². The van der Waals surface area contributed by atoms with Crippen LogP contribution in [0.5, 0.6) is 0 Å². The van der Waals surface area contributed by atoms with Gasteiger partial charge in [-0.25, -0.2) is 0 Å². The van der Waals surface area contributed by atoms with Gasteiger partial charge in [-0.05, 0) is 12.3 Å². The van der Waals surface area contributed by atoms with Gasteiger partial charge in [-0.2, -0.15) is 9.98 Å². The van der Waals surface area contributed by atoms with E-state index in [2.05, 4.69) is 15.3 Å². The Kier molecular flexibility index (Phi) is 3.06. The molecule has 6 nitrogen and oxygen atoms in total. The Labute approximate surface area is 82.5 Å². The maximum atomic E-state index is 11.3. The van der Waals surface area contributed by atoms with Crippen molar-refractivity contribution in [2.75, 3.05) is 0 Å². The van der Waals surface area contributed by atoms with Crippen molar-refractivity contribution in [2.24, 2.45) is 27.4 Å². The number of hydrogen-bond donors (Lipinski definition) is 3. The highest BCUT2D eigenvalue weighted by Gasteiger charge is 2.26. The van der Waals surface area contributed by atoms with E-state index in [9.17, 15) is 4.79 Å². The zero-order chi connectivity index (χ0) is 10.7. The van der Waals surface area contributed by atoms with Gasteiger partial charge in [0.05, 0.1) is 0 Å². The number of carbonyl (C=O) groups is 1. The van der Waals surface area contributed by atoms with Gasteiger partial charge in [-0.15, -0.1) is 0 Å². The fraction of sp³-hybridized carbons (Fsp3) is 0.625. The van der Waals surface area contributed by atoms with E-state index in [1.54, 1.807) is 0 Å². The van der Waals surface area contributed by atoms with E-state index in [-0.39, 0.29) is 23.9 Å². The lowest BCUT2D eigenvalue weighted by molar-refractivity contribution is -0.118. The predicted octanol–water partition coefficient (Wildman–Crippen LogP) is -0.840. The van der Waals surface area contributed by atoms with Gasteiger partial charge in [0, 0.05) is 0 Å². The fourth-order valence-electron chi connectivity index (χ4n) is 1.24. The minimum atomic E-state index is -0.284. The molecule has 1 aliphatic heterocycles. The first kappa shape index (κ1) is 10.5. The number of carbonyl (C=O) groups excluding carboxylic acids is 1. The molecule has 0 saturated carbocycles. The standard InChI is InChI=1S/C8H15N5O/c1-4(2)3-5-6(14)12-8(11-5)13-7(9)10/h4-5H,3H2,1-2H3,(H5,9,10,11,12,13,14)/t5-/m1/s1. The number of hydrogen-bond acceptors (Lipinski definition) is 3. The third kappa shape index (κ3) is 2.72. The minimum absolute atomic E-state index is 0.103. The summed E-state index contributed by atoms with van der Waals surface area (Å²) in [7, 11) is 0. The first-order valence-corrected chi connectivity index (χ1v) is 4.47. The number of guanidine groups is 2. The smallest absolute Gasteiger partial charge is 0.271 e. The fourth-order valence-corrected chi connectivity index (χ4v) is 1.24. The third-order valence-corrected chi connectivity index (χ3v) is 1.76. The first-order chi connectivity index (χ1) is 6.49. The van der Waals surface area contributed by atoms with Crippen LogP contribution in [0.4, 0.5) is 0 Å². The van der Waals surface area contributed by atoms with Crippen LogP contribution in [0.3, 0.4) is 0 Å². The molecule has 1 atom stereocenters. The van der Waals surface area contributed by atoms with Gasteiger partial charge < -0.3 is 16.8 Å². The number of nitrogens with zero attached hydrogens (tertiary/aromatic N) is 2. The van der Waals surface area contributed by atoms with Crippen molar-refractivity contribution < 1.29 is 4.79 Å². The van der Waals surface area contributed by atoms with Crippen LogP contribution in [-0.4, -0.2) is 23.9 Å². The molecule has 0 fully saturated rings. The highest BCUT2D eigenvalue weighted by molar-refractivity contribution is 6.06. The lowest BCUT2D eigenvalue weighted by Crippen LogP contribution is -2.34. The number of rotatable bonds is 2. The largest absolute Gasteiger partial charge is 0.370 e. The number of nitrogens with one attached hydrogen (secondary N) is 1. The Morgan fingerprint density at radius 2 is 2.29 bits per heavy atom. The molecule has 0 aromatic heterocycles. The Hall–Kier alpha value is -1.59. The molecule has 0 bridgehead atoms. The lowest BCUT2D eigenvalue weighted by atomic mass is 10.0. The molecule has 1 amide bonds. The van der Waals surface area contributed by atoms with E-state index in [0.717, 1.165) is 6.42 Å². The summed E-state index contributed by atoms with van der Waals surface area (Å²) in [4.78, 5) is 18.7. The van der Waals surface area contributed by atoms with Gasteiger partial charge in [-0.3, -0.25) is 4.79 Å². The summed E-state index contributed by atoms with van der Waals surface area (Å²) in [6, 6.07) is -0.284. The Balaban J connectivity index is 2.60. The van der Waals surface area contributed by atoms with Crippen LogP contribution in [0.2, 0.25) is 0 Å². The van der Waals surface area contributed by atoms with Crippen LogP contribution in [0.25, 0.3) is 0 Å². The second-order valence-corrected chi connectivity index (χ2v) is 3.64. The van der Waals surface area contributed by atoms with E-state index in [1.165, 1.54) is 0 Å². The van der Waals surface area contributed by atoms with Gasteiger partial charge in [-0.1, -0.05) is 13.8 Å². The van der Waals surface area contributed by atoms with Crippen molar-refractivity contribution >= 4 is 17.8 Å². The van der Waals surface area contributed by atoms with Gasteiger partial charge >= 0.3 is 0 Å². The van der Waals surface area contributed by atoms with Crippen molar-refractivity contribution in [3.05, 3.63) is 0 Å². The zero-order valence-corrected chi connectivity index (χ0v) is 8.32. The third-order valence-electron chi connectivity index (χ3n) is 1.76. The number of aliphatic imine (C=N–C) groups is 2. The first-order valence-electron chi connectivity index (χ1n) is 4.47. The van der Waals surface area contributed by atoms with Gasteiger partial charge in [0.15, 0.2) is 5.96 Å². The molecule has 1 aliphatic rings. The van der Waals surface area contributed by atoms with E-state index < -0.39 is 0 Å². The van der Waals surface area contributed by atoms with Gasteiger partial charge in [0.25, 0.3) is 5.91 Å². The van der Waals surface area contributed by atoms with E-state index in [0.29, 0.717) is 5.92 Å². The summed E-state index contributed by atoms with van der Waals surface area (Å²) < 4.78 is 0. The monoisotopic (exact) mass is 197 g/mol. The molecule has 0 unspecified atom stereocenters. The minimum Gasteiger partial charge on any atom is -0.370 e. The molecular formula is C8H15N5O. The van der Waals surface area contributed by atoms with Crippen molar-refractivity contribution in [1.29, 1.82) is 0 Å². The Morgan fingerprint density at radius 1 is 1.64 bits per heavy atom. The summed E-state index contributed by atoms with van der Waals surface area (Å²) in [6.45, 7) is 4.07. The van der Waals surface area contributed by atoms with E-state index >= 15 is 0 Å². The molecule has 0 aliphatic carbocycles. The number of nitrogens with two attached hydrogens (primary N) is 2. The topological polar surface area (TPSA) is 106 Å². The summed E-state index contributed by atoms with van der Waals surface area (Å²) in [5.41, 5.74) is 10.3. The lowest BCUT2D eigenvalue weighted by Gasteiger charge is -2.10. The zero-order valence-electron chi connectivity index (χ0n) is 8.32. The van der Waals surface area contributed by atoms with Gasteiger partial charge in [0.2, 0.25) is 5.96 Å².